The van der Waals surface area contributed by atoms with Crippen molar-refractivity contribution in [3.63, 3.8) is 0 Å². The Kier molecular flexibility index (Phi) is 12.3. The molecule has 0 radical (unpaired) electrons. The van der Waals surface area contributed by atoms with Crippen molar-refractivity contribution < 1.29 is 38.9 Å². The first-order valence-electron chi connectivity index (χ1n) is 12.4. The molecule has 1 aromatic carbocycles. The topological polar surface area (TPSA) is 154 Å². The van der Waals surface area contributed by atoms with E-state index in [9.17, 15) is 29.4 Å². The van der Waals surface area contributed by atoms with Gasteiger partial charge in [0.2, 0.25) is 11.8 Å². The highest BCUT2D eigenvalue weighted by atomic mass is 16.6. The van der Waals surface area contributed by atoms with Gasteiger partial charge in [0.1, 0.15) is 23.4 Å². The molecule has 0 heterocycles. The largest absolute Gasteiger partial charge is 0.508 e. The SMILES string of the molecule is CCOC(=O)CCNC(=O)C(c1ccc(O)c(C)c1)N(CCO)C(=O)C(NC(=O)OC(C)(C)C)C(C)C. The molecule has 0 saturated carbocycles. The lowest BCUT2D eigenvalue weighted by Gasteiger charge is -2.35. The minimum Gasteiger partial charge on any atom is -0.508 e. The summed E-state index contributed by atoms with van der Waals surface area (Å²) in [6.07, 6.45) is -0.858. The number of rotatable bonds is 12. The van der Waals surface area contributed by atoms with Crippen LogP contribution in [0, 0.1) is 12.8 Å². The second kappa shape index (κ2) is 14.4. The standard InChI is InChI=1S/C26H41N3O8/c1-8-36-20(32)11-12-27-23(33)22(18-9-10-19(31)17(4)15-18)29(13-14-30)24(34)21(16(2)3)28-25(35)37-26(5,6)7/h9-10,15-16,21-22,30-31H,8,11-14H2,1-7H3,(H,27,33)(H,28,35). The number of carbonyl (C=O) groups is 4. The van der Waals surface area contributed by atoms with Gasteiger partial charge in [0.25, 0.3) is 0 Å². The van der Waals surface area contributed by atoms with Gasteiger partial charge in [-0.2, -0.15) is 0 Å². The Hall–Kier alpha value is -3.34. The summed E-state index contributed by atoms with van der Waals surface area (Å²) in [7, 11) is 0. The Morgan fingerprint density at radius 2 is 1.78 bits per heavy atom. The van der Waals surface area contributed by atoms with Crippen molar-refractivity contribution in [2.45, 2.75) is 72.6 Å². The Morgan fingerprint density at radius 3 is 2.30 bits per heavy atom. The van der Waals surface area contributed by atoms with Gasteiger partial charge in [-0.05, 0) is 63.8 Å². The number of aliphatic hydroxyl groups excluding tert-OH is 1. The molecule has 0 saturated heterocycles. The Bertz CT molecular complexity index is 942. The predicted octanol–water partition coefficient (Wildman–Crippen LogP) is 2.18. The molecule has 208 valence electrons. The van der Waals surface area contributed by atoms with E-state index in [4.69, 9.17) is 9.47 Å². The molecule has 0 aliphatic rings. The Labute approximate surface area is 218 Å². The number of esters is 1. The molecule has 1 rings (SSSR count). The van der Waals surface area contributed by atoms with Gasteiger partial charge in [-0.15, -0.1) is 0 Å². The summed E-state index contributed by atoms with van der Waals surface area (Å²) in [6.45, 7) is 11.4. The maximum Gasteiger partial charge on any atom is 0.408 e. The van der Waals surface area contributed by atoms with Gasteiger partial charge < -0.3 is 35.2 Å². The van der Waals surface area contributed by atoms with Crippen LogP contribution in [0.25, 0.3) is 0 Å². The van der Waals surface area contributed by atoms with E-state index in [1.54, 1.807) is 54.5 Å². The molecular formula is C26H41N3O8. The van der Waals surface area contributed by atoms with Crippen molar-refractivity contribution in [2.24, 2.45) is 5.92 Å². The summed E-state index contributed by atoms with van der Waals surface area (Å²) >= 11 is 0. The lowest BCUT2D eigenvalue weighted by molar-refractivity contribution is -0.145. The van der Waals surface area contributed by atoms with Crippen molar-refractivity contribution in [1.29, 1.82) is 0 Å². The van der Waals surface area contributed by atoms with Crippen LogP contribution in [0.15, 0.2) is 18.2 Å². The van der Waals surface area contributed by atoms with E-state index >= 15 is 0 Å². The van der Waals surface area contributed by atoms with Gasteiger partial charge in [0.05, 0.1) is 19.6 Å². The van der Waals surface area contributed by atoms with Gasteiger partial charge in [0, 0.05) is 13.1 Å². The van der Waals surface area contributed by atoms with Crippen molar-refractivity contribution in [3.05, 3.63) is 29.3 Å². The summed E-state index contributed by atoms with van der Waals surface area (Å²) in [5.74, 6) is -2.06. The van der Waals surface area contributed by atoms with E-state index in [1.165, 1.54) is 17.0 Å². The van der Waals surface area contributed by atoms with Gasteiger partial charge in [0.15, 0.2) is 0 Å². The molecule has 3 amide bonds. The van der Waals surface area contributed by atoms with Crippen molar-refractivity contribution in [1.82, 2.24) is 15.5 Å². The molecule has 2 unspecified atom stereocenters. The maximum atomic E-state index is 13.8. The van der Waals surface area contributed by atoms with E-state index in [2.05, 4.69) is 10.6 Å². The molecule has 11 nitrogen and oxygen atoms in total. The molecule has 37 heavy (non-hydrogen) atoms. The van der Waals surface area contributed by atoms with Crippen LogP contribution in [-0.4, -0.2) is 76.9 Å². The first kappa shape index (κ1) is 31.7. The summed E-state index contributed by atoms with van der Waals surface area (Å²) in [6, 6.07) is 2.19. The third kappa shape index (κ3) is 10.3. The summed E-state index contributed by atoms with van der Waals surface area (Å²) in [5.41, 5.74) is 0.0701. The van der Waals surface area contributed by atoms with Crippen LogP contribution in [-0.2, 0) is 23.9 Å². The minimum atomic E-state index is -1.22. The predicted molar refractivity (Wildman–Crippen MR) is 137 cm³/mol. The molecule has 0 fully saturated rings. The number of alkyl carbamates (subject to hydrolysis) is 1. The number of nitrogens with one attached hydrogen (secondary N) is 2. The second-order valence-corrected chi connectivity index (χ2v) is 9.92. The van der Waals surface area contributed by atoms with Gasteiger partial charge in [-0.1, -0.05) is 19.9 Å². The van der Waals surface area contributed by atoms with Crippen LogP contribution < -0.4 is 10.6 Å². The van der Waals surface area contributed by atoms with E-state index < -0.39 is 48.2 Å². The molecular weight excluding hydrogens is 482 g/mol. The normalized spacial score (nSPS) is 12.9. The number of aromatic hydroxyl groups is 1. The van der Waals surface area contributed by atoms with Gasteiger partial charge in [-0.25, -0.2) is 4.79 Å². The second-order valence-electron chi connectivity index (χ2n) is 9.92. The van der Waals surface area contributed by atoms with E-state index in [0.29, 0.717) is 11.1 Å². The number of phenolic OH excluding ortho intramolecular Hbond substituents is 1. The van der Waals surface area contributed by atoms with Crippen LogP contribution in [0.5, 0.6) is 5.75 Å². The first-order chi connectivity index (χ1) is 17.2. The van der Waals surface area contributed by atoms with Crippen molar-refractivity contribution in [2.75, 3.05) is 26.3 Å². The molecule has 0 aliphatic heterocycles. The average molecular weight is 524 g/mol. The molecule has 4 N–H and O–H groups in total. The van der Waals surface area contributed by atoms with E-state index in [-0.39, 0.29) is 37.8 Å². The van der Waals surface area contributed by atoms with Gasteiger partial charge >= 0.3 is 12.1 Å². The van der Waals surface area contributed by atoms with E-state index in [0.717, 1.165) is 0 Å². The molecule has 0 spiro atoms. The summed E-state index contributed by atoms with van der Waals surface area (Å²) in [4.78, 5) is 52.5. The number of aliphatic hydroxyl groups is 1. The van der Waals surface area contributed by atoms with Crippen LogP contribution in [0.4, 0.5) is 4.79 Å². The molecule has 11 heteroatoms. The van der Waals surface area contributed by atoms with Crippen LogP contribution in [0.1, 0.15) is 65.1 Å². The maximum absolute atomic E-state index is 13.8. The Morgan fingerprint density at radius 1 is 1.14 bits per heavy atom. The highest BCUT2D eigenvalue weighted by Crippen LogP contribution is 2.27. The first-order valence-corrected chi connectivity index (χ1v) is 12.4. The number of amides is 3. The lowest BCUT2D eigenvalue weighted by atomic mass is 9.97. The van der Waals surface area contributed by atoms with Crippen molar-refractivity contribution in [3.8, 4) is 5.75 Å². The fraction of sp³-hybridized carbons (Fsp3) is 0.615. The zero-order valence-corrected chi connectivity index (χ0v) is 22.8. The zero-order chi connectivity index (χ0) is 28.3. The number of phenols is 1. The highest BCUT2D eigenvalue weighted by molar-refractivity contribution is 5.92. The smallest absolute Gasteiger partial charge is 0.408 e. The fourth-order valence-electron chi connectivity index (χ4n) is 3.54. The highest BCUT2D eigenvalue weighted by Gasteiger charge is 2.37. The number of nitrogens with zero attached hydrogens (tertiary/aromatic N) is 1. The zero-order valence-electron chi connectivity index (χ0n) is 22.8. The number of benzene rings is 1. The minimum absolute atomic E-state index is 0.0110. The number of aryl methyl sites for hydroxylation is 1. The molecule has 0 aliphatic carbocycles. The quantitative estimate of drug-likeness (QED) is 0.304. The average Bonchev–Trinajstić information content (AvgIpc) is 2.77. The summed E-state index contributed by atoms with van der Waals surface area (Å²) in [5, 5.41) is 25.0. The van der Waals surface area contributed by atoms with Gasteiger partial charge in [-0.3, -0.25) is 14.4 Å². The number of hydrogen-bond acceptors (Lipinski definition) is 8. The molecule has 0 bridgehead atoms. The number of ether oxygens (including phenoxy) is 2. The van der Waals surface area contributed by atoms with Crippen LogP contribution in [0.2, 0.25) is 0 Å². The summed E-state index contributed by atoms with van der Waals surface area (Å²) < 4.78 is 10.2. The molecule has 0 aromatic heterocycles. The van der Waals surface area contributed by atoms with Crippen LogP contribution >= 0.6 is 0 Å². The lowest BCUT2D eigenvalue weighted by Crippen LogP contribution is -2.55. The fourth-order valence-corrected chi connectivity index (χ4v) is 3.54. The van der Waals surface area contributed by atoms with E-state index in [1.807, 2.05) is 0 Å². The molecule has 1 aromatic rings. The Balaban J connectivity index is 3.37. The number of hydrogen-bond donors (Lipinski definition) is 4. The third-order valence-electron chi connectivity index (χ3n) is 5.26. The van der Waals surface area contributed by atoms with Crippen molar-refractivity contribution >= 4 is 23.9 Å². The monoisotopic (exact) mass is 523 g/mol. The van der Waals surface area contributed by atoms with Crippen LogP contribution in [0.3, 0.4) is 0 Å². The number of carbonyl (C=O) groups excluding carboxylic acids is 4. The molecule has 2 atom stereocenters. The third-order valence-corrected chi connectivity index (χ3v) is 5.26.